The van der Waals surface area contributed by atoms with E-state index in [4.69, 9.17) is 0 Å². The van der Waals surface area contributed by atoms with Crippen LogP contribution in [-0.4, -0.2) is 57.6 Å². The largest absolute Gasteiger partial charge is 0.480 e. The number of carboxylic acid groups (broad SMARTS) is 2. The van der Waals surface area contributed by atoms with Crippen LogP contribution in [0.4, 0.5) is 0 Å². The summed E-state index contributed by atoms with van der Waals surface area (Å²) in [6.07, 6.45) is 1.06. The lowest BCUT2D eigenvalue weighted by atomic mass is 9.84. The summed E-state index contributed by atoms with van der Waals surface area (Å²) in [6.45, 7) is 1.80. The molecular formula is C24H27N3O6S. The van der Waals surface area contributed by atoms with Crippen LogP contribution in [0.25, 0.3) is 0 Å². The van der Waals surface area contributed by atoms with E-state index in [1.165, 1.54) is 11.8 Å². The molecule has 0 spiro atoms. The van der Waals surface area contributed by atoms with E-state index >= 15 is 0 Å². The van der Waals surface area contributed by atoms with Crippen molar-refractivity contribution < 1.29 is 24.6 Å². The molecule has 1 fully saturated rings. The number of likely N-dealkylation sites (tertiary alicyclic amines) is 1. The molecule has 10 heteroatoms. The average molecular weight is 486 g/mol. The predicted molar refractivity (Wildman–Crippen MR) is 128 cm³/mol. The van der Waals surface area contributed by atoms with Gasteiger partial charge in [-0.2, -0.15) is 0 Å². The first-order valence-electron chi connectivity index (χ1n) is 10.9. The van der Waals surface area contributed by atoms with Gasteiger partial charge in [-0.05, 0) is 37.3 Å². The quantitative estimate of drug-likeness (QED) is 0.326. The van der Waals surface area contributed by atoms with Crippen LogP contribution in [-0.2, 0) is 25.6 Å². The maximum atomic E-state index is 13.1. The van der Waals surface area contributed by atoms with Gasteiger partial charge in [0.2, 0.25) is 5.91 Å². The molecule has 1 heterocycles. The smallest absolute Gasteiger partial charge is 0.326 e. The minimum absolute atomic E-state index is 0.153. The monoisotopic (exact) mass is 485 g/mol. The number of hydrogen-bond acceptors (Lipinski definition) is 7. The molecule has 2 unspecified atom stereocenters. The Morgan fingerprint density at radius 1 is 1.12 bits per heavy atom. The minimum atomic E-state index is -1.39. The predicted octanol–water partition coefficient (Wildman–Crippen LogP) is 3.05. The van der Waals surface area contributed by atoms with E-state index in [1.807, 2.05) is 30.3 Å². The SMILES string of the molecule is C[C@H](NC(C(=O)O)C(Cc1ccccc1)(SN=O)c1ccccc1)C(=O)N1CCC[C@H]1C(=O)O. The van der Waals surface area contributed by atoms with Crippen molar-refractivity contribution in [3.05, 3.63) is 76.7 Å². The van der Waals surface area contributed by atoms with Gasteiger partial charge < -0.3 is 15.1 Å². The molecule has 0 aliphatic carbocycles. The summed E-state index contributed by atoms with van der Waals surface area (Å²) >= 11 is 0.607. The Labute approximate surface area is 201 Å². The van der Waals surface area contributed by atoms with E-state index in [2.05, 4.69) is 9.90 Å². The molecule has 1 aliphatic heterocycles. The third-order valence-electron chi connectivity index (χ3n) is 6.09. The molecule has 180 valence electrons. The first kappa shape index (κ1) is 25.4. The Hall–Kier alpha value is -3.24. The van der Waals surface area contributed by atoms with Crippen molar-refractivity contribution in [2.75, 3.05) is 6.54 Å². The molecular weight excluding hydrogens is 458 g/mol. The van der Waals surface area contributed by atoms with Crippen LogP contribution in [0, 0.1) is 4.91 Å². The second kappa shape index (κ2) is 11.3. The number of carbonyl (C=O) groups is 3. The number of benzene rings is 2. The summed E-state index contributed by atoms with van der Waals surface area (Å²) in [6, 6.07) is 14.5. The molecule has 2 aromatic carbocycles. The van der Waals surface area contributed by atoms with Crippen LogP contribution >= 0.6 is 11.9 Å². The third-order valence-corrected chi connectivity index (χ3v) is 7.11. The van der Waals surface area contributed by atoms with Gasteiger partial charge in [0, 0.05) is 23.1 Å². The van der Waals surface area contributed by atoms with E-state index in [1.54, 1.807) is 30.3 Å². The second-order valence-corrected chi connectivity index (χ2v) is 9.33. The van der Waals surface area contributed by atoms with Gasteiger partial charge in [-0.25, -0.2) is 4.79 Å². The Kier molecular flexibility index (Phi) is 8.41. The summed E-state index contributed by atoms with van der Waals surface area (Å²) in [4.78, 5) is 50.1. The van der Waals surface area contributed by atoms with Crippen LogP contribution in [0.2, 0.25) is 0 Å². The van der Waals surface area contributed by atoms with Crippen molar-refractivity contribution >= 4 is 29.8 Å². The van der Waals surface area contributed by atoms with E-state index in [0.717, 1.165) is 5.56 Å². The zero-order valence-electron chi connectivity index (χ0n) is 18.7. The van der Waals surface area contributed by atoms with Crippen LogP contribution in [0.1, 0.15) is 30.9 Å². The van der Waals surface area contributed by atoms with Gasteiger partial charge in [-0.1, -0.05) is 60.7 Å². The fourth-order valence-corrected chi connectivity index (χ4v) is 5.34. The van der Waals surface area contributed by atoms with E-state index in [9.17, 15) is 29.5 Å². The van der Waals surface area contributed by atoms with Crippen molar-refractivity contribution in [3.8, 4) is 0 Å². The van der Waals surface area contributed by atoms with Gasteiger partial charge in [-0.3, -0.25) is 14.9 Å². The first-order valence-corrected chi connectivity index (χ1v) is 11.7. The number of amides is 1. The lowest BCUT2D eigenvalue weighted by Crippen LogP contribution is -2.59. The third kappa shape index (κ3) is 5.45. The van der Waals surface area contributed by atoms with Crippen LogP contribution in [0.5, 0.6) is 0 Å². The zero-order chi connectivity index (χ0) is 24.7. The number of nitrogens with zero attached hydrogens (tertiary/aromatic N) is 2. The van der Waals surface area contributed by atoms with Gasteiger partial charge >= 0.3 is 11.9 Å². The molecule has 3 rings (SSSR count). The second-order valence-electron chi connectivity index (χ2n) is 8.27. The Morgan fingerprint density at radius 2 is 1.74 bits per heavy atom. The van der Waals surface area contributed by atoms with Crippen molar-refractivity contribution in [1.82, 2.24) is 10.2 Å². The number of rotatable bonds is 11. The summed E-state index contributed by atoms with van der Waals surface area (Å²) in [5, 5.41) is 22.6. The molecule has 9 nitrogen and oxygen atoms in total. The Bertz CT molecular complexity index is 1020. The molecule has 1 aliphatic rings. The molecule has 0 aromatic heterocycles. The van der Waals surface area contributed by atoms with Crippen molar-refractivity contribution in [3.63, 3.8) is 0 Å². The minimum Gasteiger partial charge on any atom is -0.480 e. The number of nitrogens with one attached hydrogen (secondary N) is 1. The van der Waals surface area contributed by atoms with E-state index in [-0.39, 0.29) is 13.0 Å². The maximum Gasteiger partial charge on any atom is 0.326 e. The van der Waals surface area contributed by atoms with Gasteiger partial charge in [0.05, 0.1) is 10.8 Å². The number of carbonyl (C=O) groups excluding carboxylic acids is 1. The van der Waals surface area contributed by atoms with Crippen LogP contribution in [0.15, 0.2) is 65.2 Å². The molecule has 1 amide bonds. The highest BCUT2D eigenvalue weighted by atomic mass is 32.2. The lowest BCUT2D eigenvalue weighted by Gasteiger charge is -2.38. The van der Waals surface area contributed by atoms with Crippen molar-refractivity contribution in [2.45, 2.75) is 49.1 Å². The van der Waals surface area contributed by atoms with Crippen LogP contribution in [0.3, 0.4) is 0 Å². The van der Waals surface area contributed by atoms with Crippen LogP contribution < -0.4 is 5.32 Å². The zero-order valence-corrected chi connectivity index (χ0v) is 19.5. The summed E-state index contributed by atoms with van der Waals surface area (Å²) in [5.74, 6) is -2.84. The Morgan fingerprint density at radius 3 is 2.29 bits per heavy atom. The van der Waals surface area contributed by atoms with E-state index in [0.29, 0.717) is 30.4 Å². The fourth-order valence-electron chi connectivity index (χ4n) is 4.46. The van der Waals surface area contributed by atoms with Crippen molar-refractivity contribution in [1.29, 1.82) is 0 Å². The molecule has 0 saturated carbocycles. The van der Waals surface area contributed by atoms with Crippen molar-refractivity contribution in [2.24, 2.45) is 4.58 Å². The summed E-state index contributed by atoms with van der Waals surface area (Å²) in [5.41, 5.74) is 1.35. The highest BCUT2D eigenvalue weighted by Crippen LogP contribution is 2.44. The normalized spacial score (nSPS) is 19.1. The summed E-state index contributed by atoms with van der Waals surface area (Å²) < 4.78 is 1.67. The van der Waals surface area contributed by atoms with Gasteiger partial charge in [-0.15, -0.1) is 4.91 Å². The molecule has 1 saturated heterocycles. The summed E-state index contributed by atoms with van der Waals surface area (Å²) in [7, 11) is 0. The van der Waals surface area contributed by atoms with Gasteiger partial charge in [0.15, 0.2) is 0 Å². The number of nitroso groups, excluding NO2 is 1. The topological polar surface area (TPSA) is 136 Å². The molecule has 3 N–H and O–H groups in total. The maximum absolute atomic E-state index is 13.1. The van der Waals surface area contributed by atoms with Gasteiger partial charge in [0.25, 0.3) is 0 Å². The van der Waals surface area contributed by atoms with E-state index < -0.39 is 40.7 Å². The fraction of sp³-hybridized carbons (Fsp3) is 0.375. The molecule has 0 radical (unpaired) electrons. The Balaban J connectivity index is 2.00. The standard InChI is InChI=1S/C24H27N3O6S/c1-16(21(28)27-14-8-13-19(27)22(29)30)25-20(23(31)32)24(34-26-33,18-11-6-3-7-12-18)15-17-9-4-2-5-10-17/h2-7,9-12,16,19-20,25H,8,13-15H2,1H3,(H,29,30)(H,31,32)/t16-,19-,20?,24?/m0/s1. The number of aliphatic carboxylic acids is 2. The molecule has 34 heavy (non-hydrogen) atoms. The highest BCUT2D eigenvalue weighted by molar-refractivity contribution is 7.99. The number of carboxylic acids is 2. The first-order chi connectivity index (χ1) is 16.3. The molecule has 4 atom stereocenters. The molecule has 2 aromatic rings. The molecule has 0 bridgehead atoms. The lowest BCUT2D eigenvalue weighted by molar-refractivity contribution is -0.149. The number of hydrogen-bond donors (Lipinski definition) is 3. The average Bonchev–Trinajstić information content (AvgIpc) is 3.33. The van der Waals surface area contributed by atoms with Gasteiger partial charge in [0.1, 0.15) is 12.1 Å². The highest BCUT2D eigenvalue weighted by Gasteiger charge is 2.48.